The van der Waals surface area contributed by atoms with Crippen LogP contribution >= 0.6 is 0 Å². The number of piperidine rings is 1. The fraction of sp³-hybridized carbons (Fsp3) is 0.833. The van der Waals surface area contributed by atoms with E-state index in [4.69, 9.17) is 9.84 Å². The van der Waals surface area contributed by atoms with Crippen molar-refractivity contribution in [3.05, 3.63) is 0 Å². The summed E-state index contributed by atoms with van der Waals surface area (Å²) in [5.74, 6) is -1.04. The van der Waals surface area contributed by atoms with Gasteiger partial charge in [0.2, 0.25) is 5.91 Å². The lowest BCUT2D eigenvalue weighted by Gasteiger charge is -2.36. The molecule has 18 heavy (non-hydrogen) atoms. The highest BCUT2D eigenvalue weighted by atomic mass is 16.5. The van der Waals surface area contributed by atoms with E-state index < -0.39 is 17.3 Å². The van der Waals surface area contributed by atoms with E-state index in [-0.39, 0.29) is 13.2 Å². The number of likely N-dealkylation sites (tertiary alicyclic amines) is 1. The van der Waals surface area contributed by atoms with Crippen molar-refractivity contribution >= 4 is 11.9 Å². The maximum Gasteiger partial charge on any atom is 0.324 e. The zero-order valence-electron chi connectivity index (χ0n) is 10.6. The van der Waals surface area contributed by atoms with Gasteiger partial charge in [0, 0.05) is 6.54 Å². The second-order valence-electron chi connectivity index (χ2n) is 5.34. The molecule has 1 amide bonds. The van der Waals surface area contributed by atoms with E-state index in [2.05, 4.69) is 17.3 Å². The topological polar surface area (TPSA) is 78.9 Å². The normalized spacial score (nSPS) is 24.3. The summed E-state index contributed by atoms with van der Waals surface area (Å²) in [6.45, 7) is 2.62. The molecule has 0 aromatic carbocycles. The van der Waals surface area contributed by atoms with Gasteiger partial charge in [0.05, 0.1) is 13.2 Å². The summed E-state index contributed by atoms with van der Waals surface area (Å²) < 4.78 is 4.88. The highest BCUT2D eigenvalue weighted by Crippen LogP contribution is 2.28. The fourth-order valence-corrected chi connectivity index (χ4v) is 2.33. The number of carboxylic acids is 1. The van der Waals surface area contributed by atoms with Gasteiger partial charge in [0.25, 0.3) is 0 Å². The van der Waals surface area contributed by atoms with Crippen LogP contribution in [0.15, 0.2) is 0 Å². The number of hydrogen-bond donors (Lipinski definition) is 2. The Balaban J connectivity index is 1.79. The van der Waals surface area contributed by atoms with Crippen LogP contribution < -0.4 is 5.32 Å². The van der Waals surface area contributed by atoms with Crippen LogP contribution in [0.1, 0.15) is 12.8 Å². The van der Waals surface area contributed by atoms with Crippen LogP contribution in [0.2, 0.25) is 0 Å². The van der Waals surface area contributed by atoms with Crippen LogP contribution in [0.25, 0.3) is 0 Å². The molecule has 0 radical (unpaired) electrons. The van der Waals surface area contributed by atoms with Crippen LogP contribution in [0.3, 0.4) is 0 Å². The standard InChI is InChI=1S/C12H20N2O4/c1-14-4-2-9(3-5-14)6-13-10(15)12(11(16)17)7-18-8-12/h9H,2-8H2,1H3,(H,13,15)(H,16,17). The number of nitrogens with zero attached hydrogens (tertiary/aromatic N) is 1. The Kier molecular flexibility index (Phi) is 3.87. The summed E-state index contributed by atoms with van der Waals surface area (Å²) in [4.78, 5) is 25.3. The van der Waals surface area contributed by atoms with Crippen molar-refractivity contribution in [2.75, 3.05) is 39.9 Å². The summed E-state index contributed by atoms with van der Waals surface area (Å²) in [6, 6.07) is 0. The van der Waals surface area contributed by atoms with Gasteiger partial charge in [-0.15, -0.1) is 0 Å². The lowest BCUT2D eigenvalue weighted by Crippen LogP contribution is -2.59. The highest BCUT2D eigenvalue weighted by molar-refractivity contribution is 6.03. The maximum atomic E-state index is 11.9. The molecule has 0 atom stereocenters. The van der Waals surface area contributed by atoms with E-state index in [0.29, 0.717) is 12.5 Å². The molecule has 0 unspecified atom stereocenters. The van der Waals surface area contributed by atoms with Gasteiger partial charge in [-0.3, -0.25) is 9.59 Å². The summed E-state index contributed by atoms with van der Waals surface area (Å²) >= 11 is 0. The van der Waals surface area contributed by atoms with E-state index in [1.54, 1.807) is 0 Å². The Bertz CT molecular complexity index is 333. The first kappa shape index (κ1) is 13.3. The molecule has 0 saturated carbocycles. The van der Waals surface area contributed by atoms with E-state index in [9.17, 15) is 9.59 Å². The van der Waals surface area contributed by atoms with Gasteiger partial charge in [-0.25, -0.2) is 0 Å². The van der Waals surface area contributed by atoms with Crippen molar-refractivity contribution in [1.29, 1.82) is 0 Å². The van der Waals surface area contributed by atoms with Gasteiger partial charge in [0.1, 0.15) is 0 Å². The molecule has 0 bridgehead atoms. The second-order valence-corrected chi connectivity index (χ2v) is 5.34. The quantitative estimate of drug-likeness (QED) is 0.666. The van der Waals surface area contributed by atoms with Crippen LogP contribution in [0.5, 0.6) is 0 Å². The molecule has 102 valence electrons. The average Bonchev–Trinajstić information content (AvgIpc) is 2.26. The molecule has 2 heterocycles. The average molecular weight is 256 g/mol. The number of carboxylic acid groups (broad SMARTS) is 1. The minimum Gasteiger partial charge on any atom is -0.480 e. The van der Waals surface area contributed by atoms with E-state index >= 15 is 0 Å². The zero-order valence-corrected chi connectivity index (χ0v) is 10.6. The molecule has 2 fully saturated rings. The molecule has 6 nitrogen and oxygen atoms in total. The van der Waals surface area contributed by atoms with Crippen molar-refractivity contribution in [2.45, 2.75) is 12.8 Å². The Morgan fingerprint density at radius 2 is 2.00 bits per heavy atom. The molecule has 2 aliphatic rings. The smallest absolute Gasteiger partial charge is 0.324 e. The molecule has 2 aliphatic heterocycles. The van der Waals surface area contributed by atoms with Gasteiger partial charge in [-0.1, -0.05) is 0 Å². The largest absolute Gasteiger partial charge is 0.480 e. The molecular weight excluding hydrogens is 236 g/mol. The van der Waals surface area contributed by atoms with Gasteiger partial charge < -0.3 is 20.1 Å². The summed E-state index contributed by atoms with van der Waals surface area (Å²) in [5, 5.41) is 11.9. The lowest BCUT2D eigenvalue weighted by molar-refractivity contribution is -0.185. The van der Waals surface area contributed by atoms with Crippen molar-refractivity contribution in [1.82, 2.24) is 10.2 Å². The Morgan fingerprint density at radius 1 is 1.39 bits per heavy atom. The predicted octanol–water partition coefficient (Wildman–Crippen LogP) is -0.454. The fourth-order valence-electron chi connectivity index (χ4n) is 2.33. The molecule has 0 aliphatic carbocycles. The summed E-state index contributed by atoms with van der Waals surface area (Å²) in [7, 11) is 2.08. The van der Waals surface area contributed by atoms with E-state index in [1.807, 2.05) is 0 Å². The highest BCUT2D eigenvalue weighted by Gasteiger charge is 2.53. The monoisotopic (exact) mass is 256 g/mol. The molecule has 2 rings (SSSR count). The van der Waals surface area contributed by atoms with Gasteiger partial charge >= 0.3 is 5.97 Å². The Labute approximate surface area is 106 Å². The molecule has 0 aromatic heterocycles. The van der Waals surface area contributed by atoms with Crippen molar-refractivity contribution in [2.24, 2.45) is 11.3 Å². The number of carbonyl (C=O) groups excluding carboxylic acids is 1. The predicted molar refractivity (Wildman–Crippen MR) is 64.1 cm³/mol. The molecule has 2 N–H and O–H groups in total. The van der Waals surface area contributed by atoms with E-state index in [0.717, 1.165) is 25.9 Å². The van der Waals surface area contributed by atoms with Crippen molar-refractivity contribution in [3.63, 3.8) is 0 Å². The first-order chi connectivity index (χ1) is 8.54. The first-order valence-electron chi connectivity index (χ1n) is 6.32. The van der Waals surface area contributed by atoms with Crippen LogP contribution in [-0.2, 0) is 14.3 Å². The van der Waals surface area contributed by atoms with Crippen LogP contribution in [0.4, 0.5) is 0 Å². The second kappa shape index (κ2) is 5.24. The van der Waals surface area contributed by atoms with Crippen molar-refractivity contribution < 1.29 is 19.4 Å². The minimum absolute atomic E-state index is 0.0123. The minimum atomic E-state index is -1.34. The van der Waals surface area contributed by atoms with Crippen LogP contribution in [-0.4, -0.2) is 61.8 Å². The lowest BCUT2D eigenvalue weighted by atomic mass is 9.84. The van der Waals surface area contributed by atoms with E-state index in [1.165, 1.54) is 0 Å². The van der Waals surface area contributed by atoms with Gasteiger partial charge in [-0.05, 0) is 38.9 Å². The number of amides is 1. The van der Waals surface area contributed by atoms with Gasteiger partial charge in [-0.2, -0.15) is 0 Å². The third-order valence-electron chi connectivity index (χ3n) is 3.93. The number of nitrogens with one attached hydrogen (secondary N) is 1. The molecule has 2 saturated heterocycles. The molecular formula is C12H20N2O4. The third kappa shape index (κ3) is 2.49. The molecule has 6 heteroatoms. The number of carbonyl (C=O) groups is 2. The number of rotatable bonds is 4. The summed E-state index contributed by atoms with van der Waals surface area (Å²) in [5.41, 5.74) is -1.34. The SMILES string of the molecule is CN1CCC(CNC(=O)C2(C(=O)O)COC2)CC1. The first-order valence-corrected chi connectivity index (χ1v) is 6.32. The molecule has 0 aromatic rings. The van der Waals surface area contributed by atoms with Crippen molar-refractivity contribution in [3.8, 4) is 0 Å². The Hall–Kier alpha value is -1.14. The molecule has 0 spiro atoms. The van der Waals surface area contributed by atoms with Crippen LogP contribution in [0, 0.1) is 11.3 Å². The number of aliphatic carboxylic acids is 1. The maximum absolute atomic E-state index is 11.9. The van der Waals surface area contributed by atoms with Gasteiger partial charge in [0.15, 0.2) is 5.41 Å². The zero-order chi connectivity index (χ0) is 13.2. The number of hydrogen-bond acceptors (Lipinski definition) is 4. The summed E-state index contributed by atoms with van der Waals surface area (Å²) in [6.07, 6.45) is 2.10. The Morgan fingerprint density at radius 3 is 2.44 bits per heavy atom. The third-order valence-corrected chi connectivity index (χ3v) is 3.93. The number of ether oxygens (including phenoxy) is 1.